The Morgan fingerprint density at radius 3 is 2.56 bits per heavy atom. The molecule has 7 rings (SSSR count). The molecule has 3 unspecified atom stereocenters. The van der Waals surface area contributed by atoms with E-state index in [4.69, 9.17) is 21.1 Å². The molecule has 3 atom stereocenters. The Morgan fingerprint density at radius 1 is 0.889 bits per heavy atom. The average Bonchev–Trinajstić information content (AvgIpc) is 3.05. The average molecular weight is 626 g/mol. The molecule has 1 saturated heterocycles. The molecule has 2 bridgehead atoms. The summed E-state index contributed by atoms with van der Waals surface area (Å²) in [4.78, 5) is 41.3. The standard InChI is InChI=1S/C34H32ClN5O5/c35-24-9-11-25(12-10-24)37-34(43)38-27-15-22(33(42)36-16-26-20-44-30-5-1-2-6-31(30)45-26)8-13-29(27)39-17-21-14-23(19-39)28-4-3-7-32(41)40(28)18-21/h1-13,15,21,23,26H,14,16-20H2,(H,36,42)(H2,37,38,43). The summed E-state index contributed by atoms with van der Waals surface area (Å²) < 4.78 is 13.6. The molecule has 0 aliphatic carbocycles. The highest BCUT2D eigenvalue weighted by atomic mass is 35.5. The van der Waals surface area contributed by atoms with Gasteiger partial charge in [0.15, 0.2) is 11.5 Å². The number of hydrogen-bond donors (Lipinski definition) is 3. The quantitative estimate of drug-likeness (QED) is 0.267. The van der Waals surface area contributed by atoms with Crippen molar-refractivity contribution < 1.29 is 19.1 Å². The van der Waals surface area contributed by atoms with Crippen LogP contribution in [-0.2, 0) is 6.54 Å². The van der Waals surface area contributed by atoms with Gasteiger partial charge in [0, 0.05) is 53.6 Å². The summed E-state index contributed by atoms with van der Waals surface area (Å²) in [7, 11) is 0. The smallest absolute Gasteiger partial charge is 0.323 e. The van der Waals surface area contributed by atoms with Crippen molar-refractivity contribution in [2.24, 2.45) is 5.92 Å². The van der Waals surface area contributed by atoms with E-state index in [-0.39, 0.29) is 36.0 Å². The van der Waals surface area contributed by atoms with E-state index < -0.39 is 6.03 Å². The van der Waals surface area contributed by atoms with E-state index in [0.717, 1.165) is 24.3 Å². The fraction of sp³-hybridized carbons (Fsp3) is 0.265. The first-order chi connectivity index (χ1) is 21.9. The second-order valence-electron chi connectivity index (χ2n) is 11.6. The van der Waals surface area contributed by atoms with Crippen LogP contribution in [0.3, 0.4) is 0 Å². The van der Waals surface area contributed by atoms with Gasteiger partial charge in [-0.25, -0.2) is 4.79 Å². The lowest BCUT2D eigenvalue weighted by atomic mass is 9.83. The molecular formula is C34H32ClN5O5. The van der Waals surface area contributed by atoms with Crippen LogP contribution in [0.5, 0.6) is 11.5 Å². The summed E-state index contributed by atoms with van der Waals surface area (Å²) >= 11 is 6.00. The molecule has 3 aliphatic heterocycles. The SMILES string of the molecule is O=C(Nc1ccc(Cl)cc1)Nc1cc(C(=O)NCC2COc3ccccc3O2)ccc1N1CC2CC(C1)c1cccc(=O)n1C2. The highest BCUT2D eigenvalue weighted by molar-refractivity contribution is 6.30. The maximum atomic E-state index is 13.3. The molecule has 230 valence electrons. The molecule has 0 saturated carbocycles. The molecule has 3 aliphatic rings. The molecule has 45 heavy (non-hydrogen) atoms. The number of para-hydroxylation sites is 2. The van der Waals surface area contributed by atoms with Crippen molar-refractivity contribution in [3.8, 4) is 11.5 Å². The van der Waals surface area contributed by atoms with Crippen molar-refractivity contribution in [1.29, 1.82) is 0 Å². The van der Waals surface area contributed by atoms with Crippen LogP contribution in [-0.4, -0.2) is 48.9 Å². The van der Waals surface area contributed by atoms with Crippen LogP contribution >= 0.6 is 11.6 Å². The van der Waals surface area contributed by atoms with Gasteiger partial charge >= 0.3 is 6.03 Å². The van der Waals surface area contributed by atoms with Crippen LogP contribution in [0, 0.1) is 5.92 Å². The highest BCUT2D eigenvalue weighted by Gasteiger charge is 2.35. The third-order valence-corrected chi connectivity index (χ3v) is 8.74. The maximum absolute atomic E-state index is 13.3. The number of aromatic nitrogens is 1. The second-order valence-corrected chi connectivity index (χ2v) is 12.1. The number of anilines is 3. The lowest BCUT2D eigenvalue weighted by Crippen LogP contribution is -2.47. The first kappa shape index (κ1) is 28.8. The molecule has 11 heteroatoms. The summed E-state index contributed by atoms with van der Waals surface area (Å²) in [6.07, 6.45) is 0.659. The van der Waals surface area contributed by atoms with Crippen molar-refractivity contribution in [2.45, 2.75) is 25.0 Å². The molecule has 10 nitrogen and oxygen atoms in total. The van der Waals surface area contributed by atoms with Crippen LogP contribution in [0.25, 0.3) is 0 Å². The molecule has 4 heterocycles. The van der Waals surface area contributed by atoms with Gasteiger partial charge in [-0.3, -0.25) is 9.59 Å². The van der Waals surface area contributed by atoms with Crippen molar-refractivity contribution in [2.75, 3.05) is 41.8 Å². The van der Waals surface area contributed by atoms with Gasteiger partial charge in [-0.05, 0) is 73.0 Å². The summed E-state index contributed by atoms with van der Waals surface area (Å²) in [5, 5.41) is 9.32. The Bertz CT molecular complexity index is 1810. The molecule has 3 aromatic carbocycles. The Kier molecular flexibility index (Phi) is 7.81. The van der Waals surface area contributed by atoms with E-state index in [1.807, 2.05) is 47.0 Å². The monoisotopic (exact) mass is 625 g/mol. The van der Waals surface area contributed by atoms with Gasteiger partial charge in [0.2, 0.25) is 0 Å². The summed E-state index contributed by atoms with van der Waals surface area (Å²) in [6, 6.07) is 24.6. The van der Waals surface area contributed by atoms with Crippen molar-refractivity contribution >= 4 is 40.6 Å². The van der Waals surface area contributed by atoms with Gasteiger partial charge in [0.05, 0.1) is 17.9 Å². The first-order valence-corrected chi connectivity index (χ1v) is 15.4. The van der Waals surface area contributed by atoms with Crippen LogP contribution < -0.4 is 35.9 Å². The van der Waals surface area contributed by atoms with Gasteiger partial charge in [-0.2, -0.15) is 0 Å². The molecule has 1 fully saturated rings. The number of halogens is 1. The number of urea groups is 1. The number of benzene rings is 3. The topological polar surface area (TPSA) is 114 Å². The van der Waals surface area contributed by atoms with Gasteiger partial charge in [-0.1, -0.05) is 29.8 Å². The minimum Gasteiger partial charge on any atom is -0.486 e. The summed E-state index contributed by atoms with van der Waals surface area (Å²) in [6.45, 7) is 2.62. The van der Waals surface area contributed by atoms with Gasteiger partial charge < -0.3 is 34.9 Å². The van der Waals surface area contributed by atoms with E-state index >= 15 is 0 Å². The second kappa shape index (κ2) is 12.2. The van der Waals surface area contributed by atoms with Crippen molar-refractivity contribution in [1.82, 2.24) is 9.88 Å². The summed E-state index contributed by atoms with van der Waals surface area (Å²) in [5.41, 5.74) is 3.35. The number of fused-ring (bicyclic) bond motifs is 5. The van der Waals surface area contributed by atoms with Crippen LogP contribution in [0.15, 0.2) is 89.7 Å². The molecule has 4 aromatic rings. The van der Waals surface area contributed by atoms with Crippen molar-refractivity contribution in [3.05, 3.63) is 112 Å². The van der Waals surface area contributed by atoms with Crippen LogP contribution in [0.4, 0.5) is 21.9 Å². The van der Waals surface area contributed by atoms with Crippen LogP contribution in [0.2, 0.25) is 5.02 Å². The molecular weight excluding hydrogens is 594 g/mol. The molecule has 0 spiro atoms. The largest absolute Gasteiger partial charge is 0.486 e. The van der Waals surface area contributed by atoms with E-state index in [1.54, 1.807) is 42.5 Å². The van der Waals surface area contributed by atoms with Crippen molar-refractivity contribution in [3.63, 3.8) is 0 Å². The molecule has 0 radical (unpaired) electrons. The van der Waals surface area contributed by atoms with E-state index in [1.165, 1.54) is 0 Å². The minimum atomic E-state index is -0.448. The number of carbonyl (C=O) groups is 2. The van der Waals surface area contributed by atoms with Crippen LogP contribution in [0.1, 0.15) is 28.4 Å². The number of nitrogens with one attached hydrogen (secondary N) is 3. The Morgan fingerprint density at radius 2 is 1.71 bits per heavy atom. The number of pyridine rings is 1. The lowest BCUT2D eigenvalue weighted by Gasteiger charge is -2.44. The third kappa shape index (κ3) is 6.19. The van der Waals surface area contributed by atoms with E-state index in [9.17, 15) is 14.4 Å². The number of amides is 3. The highest BCUT2D eigenvalue weighted by Crippen LogP contribution is 2.39. The maximum Gasteiger partial charge on any atom is 0.323 e. The third-order valence-electron chi connectivity index (χ3n) is 8.49. The molecule has 1 aromatic heterocycles. The fourth-order valence-electron chi connectivity index (χ4n) is 6.44. The number of hydrogen-bond acceptors (Lipinski definition) is 6. The Balaban J connectivity index is 1.11. The van der Waals surface area contributed by atoms with Gasteiger partial charge in [0.25, 0.3) is 11.5 Å². The number of ether oxygens (including phenoxy) is 2. The fourth-order valence-corrected chi connectivity index (χ4v) is 6.56. The Labute approximate surface area is 264 Å². The van der Waals surface area contributed by atoms with E-state index in [0.29, 0.717) is 53.2 Å². The van der Waals surface area contributed by atoms with Gasteiger partial charge in [-0.15, -0.1) is 0 Å². The Hall–Kier alpha value is -4.96. The first-order valence-electron chi connectivity index (χ1n) is 15.0. The number of piperidine rings is 1. The predicted octanol–water partition coefficient (Wildman–Crippen LogP) is 5.34. The number of nitrogens with zero attached hydrogens (tertiary/aromatic N) is 2. The zero-order valence-electron chi connectivity index (χ0n) is 24.4. The molecule has 3 amide bonds. The zero-order valence-corrected chi connectivity index (χ0v) is 25.1. The number of carbonyl (C=O) groups excluding carboxylic acids is 2. The summed E-state index contributed by atoms with van der Waals surface area (Å²) in [5.74, 6) is 1.48. The minimum absolute atomic E-state index is 0.0293. The van der Waals surface area contributed by atoms with Gasteiger partial charge in [0.1, 0.15) is 12.7 Å². The molecule has 3 N–H and O–H groups in total. The number of rotatable bonds is 6. The zero-order chi connectivity index (χ0) is 30.9. The normalized spacial score (nSPS) is 19.7. The predicted molar refractivity (Wildman–Crippen MR) is 173 cm³/mol. The van der Waals surface area contributed by atoms with E-state index in [2.05, 4.69) is 20.9 Å². The lowest BCUT2D eigenvalue weighted by molar-refractivity contribution is 0.0789.